The number of ketones is 2. The van der Waals surface area contributed by atoms with E-state index >= 15 is 0 Å². The summed E-state index contributed by atoms with van der Waals surface area (Å²) < 4.78 is 39.8. The number of aromatic nitrogens is 1. The van der Waals surface area contributed by atoms with E-state index in [1.165, 1.54) is 36.0 Å². The van der Waals surface area contributed by atoms with Gasteiger partial charge in [-0.25, -0.2) is 0 Å². The van der Waals surface area contributed by atoms with Crippen LogP contribution < -0.4 is 5.32 Å². The standard InChI is InChI=1S/C20H21F3N2O3/c1-19(2,3)24-18(28)17(27)13-10-15(25(4)11-13)16(26)9-12-6-5-7-14(8-12)20(21,22)23/h5-8,10-11H,9H2,1-4H3,(H,24,28). The molecule has 28 heavy (non-hydrogen) atoms. The Morgan fingerprint density at radius 1 is 1.07 bits per heavy atom. The number of aryl methyl sites for hydroxylation is 1. The fourth-order valence-corrected chi connectivity index (χ4v) is 2.63. The molecule has 0 saturated heterocycles. The van der Waals surface area contributed by atoms with Gasteiger partial charge < -0.3 is 9.88 Å². The summed E-state index contributed by atoms with van der Waals surface area (Å²) in [6.45, 7) is 5.19. The third-order valence-electron chi connectivity index (χ3n) is 3.87. The number of halogens is 3. The van der Waals surface area contributed by atoms with Gasteiger partial charge in [-0.1, -0.05) is 18.2 Å². The van der Waals surface area contributed by atoms with Crippen molar-refractivity contribution in [2.45, 2.75) is 38.9 Å². The van der Waals surface area contributed by atoms with Gasteiger partial charge in [-0.2, -0.15) is 13.2 Å². The van der Waals surface area contributed by atoms with Crippen LogP contribution in [0.1, 0.15) is 52.7 Å². The highest BCUT2D eigenvalue weighted by molar-refractivity contribution is 6.43. The van der Waals surface area contributed by atoms with E-state index in [-0.39, 0.29) is 23.2 Å². The highest BCUT2D eigenvalue weighted by Gasteiger charge is 2.30. The lowest BCUT2D eigenvalue weighted by Crippen LogP contribution is -2.44. The fourth-order valence-electron chi connectivity index (χ4n) is 2.63. The van der Waals surface area contributed by atoms with Gasteiger partial charge in [0.25, 0.3) is 11.7 Å². The SMILES string of the molecule is Cn1cc(C(=O)C(=O)NC(C)(C)C)cc1C(=O)Cc1cccc(C(F)(F)F)c1. The van der Waals surface area contributed by atoms with Crippen molar-refractivity contribution >= 4 is 17.5 Å². The third kappa shape index (κ3) is 5.31. The highest BCUT2D eigenvalue weighted by atomic mass is 19.4. The number of carbonyl (C=O) groups excluding carboxylic acids is 3. The van der Waals surface area contributed by atoms with Gasteiger partial charge in [0, 0.05) is 30.8 Å². The smallest absolute Gasteiger partial charge is 0.347 e. The molecule has 0 aliphatic rings. The van der Waals surface area contributed by atoms with Gasteiger partial charge in [-0.05, 0) is 38.5 Å². The summed E-state index contributed by atoms with van der Waals surface area (Å²) in [4.78, 5) is 36.8. The third-order valence-corrected chi connectivity index (χ3v) is 3.87. The Kier molecular flexibility index (Phi) is 5.82. The molecule has 0 atom stereocenters. The van der Waals surface area contributed by atoms with E-state index in [9.17, 15) is 27.6 Å². The molecule has 0 radical (unpaired) electrons. The Bertz CT molecular complexity index is 922. The molecule has 0 bridgehead atoms. The minimum absolute atomic E-state index is 0.0386. The van der Waals surface area contributed by atoms with Crippen molar-refractivity contribution in [1.29, 1.82) is 0 Å². The highest BCUT2D eigenvalue weighted by Crippen LogP contribution is 2.29. The lowest BCUT2D eigenvalue weighted by atomic mass is 10.0. The van der Waals surface area contributed by atoms with E-state index < -0.39 is 34.8 Å². The fraction of sp³-hybridized carbons (Fsp3) is 0.350. The van der Waals surface area contributed by atoms with Crippen molar-refractivity contribution in [1.82, 2.24) is 9.88 Å². The zero-order valence-electron chi connectivity index (χ0n) is 16.0. The van der Waals surface area contributed by atoms with Crippen LogP contribution in [0.3, 0.4) is 0 Å². The molecule has 1 N–H and O–H groups in total. The Morgan fingerprint density at radius 2 is 1.71 bits per heavy atom. The molecule has 150 valence electrons. The topological polar surface area (TPSA) is 68.2 Å². The maximum absolute atomic E-state index is 12.8. The molecule has 1 amide bonds. The van der Waals surface area contributed by atoms with Gasteiger partial charge in [0.1, 0.15) is 0 Å². The van der Waals surface area contributed by atoms with Gasteiger partial charge in [0.15, 0.2) is 5.78 Å². The number of benzene rings is 1. The van der Waals surface area contributed by atoms with Crippen LogP contribution >= 0.6 is 0 Å². The Labute approximate surface area is 160 Å². The molecule has 1 aromatic carbocycles. The number of hydrogen-bond donors (Lipinski definition) is 1. The van der Waals surface area contributed by atoms with Crippen LogP contribution in [0.5, 0.6) is 0 Å². The number of rotatable bonds is 5. The molecule has 0 aliphatic heterocycles. The minimum Gasteiger partial charge on any atom is -0.347 e. The molecule has 8 heteroatoms. The Balaban J connectivity index is 2.20. The molecule has 0 aliphatic carbocycles. The Morgan fingerprint density at radius 3 is 2.29 bits per heavy atom. The second kappa shape index (κ2) is 7.61. The van der Waals surface area contributed by atoms with Crippen molar-refractivity contribution in [3.63, 3.8) is 0 Å². The van der Waals surface area contributed by atoms with Crippen molar-refractivity contribution < 1.29 is 27.6 Å². The van der Waals surface area contributed by atoms with Gasteiger partial charge >= 0.3 is 6.18 Å². The zero-order chi connectivity index (χ0) is 21.3. The summed E-state index contributed by atoms with van der Waals surface area (Å²) >= 11 is 0. The van der Waals surface area contributed by atoms with Crippen molar-refractivity contribution in [3.8, 4) is 0 Å². The number of amides is 1. The molecular formula is C20H21F3N2O3. The van der Waals surface area contributed by atoms with Gasteiger partial charge in [-0.3, -0.25) is 14.4 Å². The zero-order valence-corrected chi connectivity index (χ0v) is 16.0. The first kappa shape index (κ1) is 21.4. The average molecular weight is 394 g/mol. The number of Topliss-reactive ketones (excluding diaryl/α,β-unsaturated/α-hetero) is 2. The van der Waals surface area contributed by atoms with Crippen LogP contribution in [0, 0.1) is 0 Å². The summed E-state index contributed by atoms with van der Waals surface area (Å²) in [6, 6.07) is 5.80. The van der Waals surface area contributed by atoms with Gasteiger partial charge in [0.05, 0.1) is 11.3 Å². The van der Waals surface area contributed by atoms with Crippen molar-refractivity contribution in [2.75, 3.05) is 0 Å². The summed E-state index contributed by atoms with van der Waals surface area (Å²) in [6.07, 6.45) is -3.41. The van der Waals surface area contributed by atoms with Crippen LogP contribution in [0.4, 0.5) is 13.2 Å². The minimum atomic E-state index is -4.50. The van der Waals surface area contributed by atoms with Crippen LogP contribution in [0.15, 0.2) is 36.5 Å². The van der Waals surface area contributed by atoms with E-state index in [0.29, 0.717) is 0 Å². The molecular weight excluding hydrogens is 373 g/mol. The first-order chi connectivity index (χ1) is 12.8. The largest absolute Gasteiger partial charge is 0.416 e. The summed E-state index contributed by atoms with van der Waals surface area (Å²) in [7, 11) is 1.53. The van der Waals surface area contributed by atoms with Crippen molar-refractivity contribution in [2.24, 2.45) is 7.05 Å². The molecule has 1 aromatic heterocycles. The predicted molar refractivity (Wildman–Crippen MR) is 97.1 cm³/mol. The molecule has 0 spiro atoms. The van der Waals surface area contributed by atoms with E-state index in [1.807, 2.05) is 0 Å². The molecule has 1 heterocycles. The van der Waals surface area contributed by atoms with Crippen LogP contribution in [0.2, 0.25) is 0 Å². The second-order valence-electron chi connectivity index (χ2n) is 7.56. The predicted octanol–water partition coefficient (Wildman–Crippen LogP) is 3.57. The summed E-state index contributed by atoms with van der Waals surface area (Å²) in [5, 5.41) is 2.55. The normalized spacial score (nSPS) is 12.0. The average Bonchev–Trinajstić information content (AvgIpc) is 2.94. The summed E-state index contributed by atoms with van der Waals surface area (Å²) in [5.74, 6) is -2.05. The van der Waals surface area contributed by atoms with E-state index in [2.05, 4.69) is 5.32 Å². The maximum atomic E-state index is 12.8. The number of nitrogens with one attached hydrogen (secondary N) is 1. The number of alkyl halides is 3. The first-order valence-electron chi connectivity index (χ1n) is 8.50. The Hall–Kier alpha value is -2.90. The maximum Gasteiger partial charge on any atom is 0.416 e. The second-order valence-corrected chi connectivity index (χ2v) is 7.56. The quantitative estimate of drug-likeness (QED) is 0.623. The summed E-state index contributed by atoms with van der Waals surface area (Å²) in [5.41, 5.74) is -1.05. The molecule has 2 rings (SSSR count). The molecule has 0 saturated carbocycles. The lowest BCUT2D eigenvalue weighted by Gasteiger charge is -2.19. The molecule has 0 fully saturated rings. The molecule has 0 unspecified atom stereocenters. The number of nitrogens with zero attached hydrogens (tertiary/aromatic N) is 1. The van der Waals surface area contributed by atoms with Crippen LogP contribution in [-0.4, -0.2) is 27.6 Å². The monoisotopic (exact) mass is 394 g/mol. The van der Waals surface area contributed by atoms with Crippen molar-refractivity contribution in [3.05, 3.63) is 58.9 Å². The number of carbonyl (C=O) groups is 3. The van der Waals surface area contributed by atoms with Crippen LogP contribution in [-0.2, 0) is 24.4 Å². The number of hydrogen-bond acceptors (Lipinski definition) is 3. The lowest BCUT2D eigenvalue weighted by molar-refractivity contribution is -0.137. The molecule has 5 nitrogen and oxygen atoms in total. The van der Waals surface area contributed by atoms with E-state index in [4.69, 9.17) is 0 Å². The van der Waals surface area contributed by atoms with Gasteiger partial charge in [0.2, 0.25) is 0 Å². The van der Waals surface area contributed by atoms with Gasteiger partial charge in [-0.15, -0.1) is 0 Å². The van der Waals surface area contributed by atoms with Crippen LogP contribution in [0.25, 0.3) is 0 Å². The van der Waals surface area contributed by atoms with E-state index in [1.54, 1.807) is 20.8 Å². The van der Waals surface area contributed by atoms with E-state index in [0.717, 1.165) is 12.1 Å². The molecule has 2 aromatic rings. The first-order valence-corrected chi connectivity index (χ1v) is 8.50.